The number of anilines is 1. The Hall–Kier alpha value is -2.31. The summed E-state index contributed by atoms with van der Waals surface area (Å²) in [6.45, 7) is 2.56. The van der Waals surface area contributed by atoms with Gasteiger partial charge in [-0.15, -0.1) is 0 Å². The number of hydrogen-bond donors (Lipinski definition) is 4. The van der Waals surface area contributed by atoms with Gasteiger partial charge in [0, 0.05) is 12.2 Å². The summed E-state index contributed by atoms with van der Waals surface area (Å²) >= 11 is 0. The van der Waals surface area contributed by atoms with Crippen LogP contribution in [0.4, 0.5) is 5.69 Å². The lowest BCUT2D eigenvalue weighted by Gasteiger charge is -2.03. The van der Waals surface area contributed by atoms with Crippen molar-refractivity contribution in [3.05, 3.63) is 29.3 Å². The highest BCUT2D eigenvalue weighted by atomic mass is 16.1. The van der Waals surface area contributed by atoms with Crippen LogP contribution in [0.3, 0.4) is 0 Å². The molecule has 0 spiro atoms. The van der Waals surface area contributed by atoms with Crippen molar-refractivity contribution in [2.24, 2.45) is 0 Å². The summed E-state index contributed by atoms with van der Waals surface area (Å²) in [7, 11) is 0. The van der Waals surface area contributed by atoms with E-state index in [4.69, 9.17) is 5.73 Å². The van der Waals surface area contributed by atoms with Gasteiger partial charge in [-0.2, -0.15) is 10.2 Å². The number of nitrogens with two attached hydrogens (primary N) is 1. The summed E-state index contributed by atoms with van der Waals surface area (Å²) in [4.78, 5) is 11.7. The molecule has 0 aromatic carbocycles. The van der Waals surface area contributed by atoms with E-state index in [0.29, 0.717) is 17.9 Å². The fourth-order valence-electron chi connectivity index (χ4n) is 1.67. The third kappa shape index (κ3) is 2.68. The summed E-state index contributed by atoms with van der Waals surface area (Å²) < 4.78 is 0. The van der Waals surface area contributed by atoms with Crippen LogP contribution in [0, 0.1) is 6.92 Å². The molecule has 96 valence electrons. The zero-order valence-electron chi connectivity index (χ0n) is 10.2. The fourth-order valence-corrected chi connectivity index (χ4v) is 1.67. The first-order chi connectivity index (χ1) is 8.68. The van der Waals surface area contributed by atoms with E-state index in [9.17, 15) is 4.79 Å². The van der Waals surface area contributed by atoms with Crippen molar-refractivity contribution >= 4 is 11.6 Å². The number of nitrogens with one attached hydrogen (secondary N) is 3. The standard InChI is InChI=1S/C11H16N6O/c1-7-8(5-14-16-7)3-2-4-13-11(18)10-9(12)6-15-17-10/h5-6H,2-4,12H2,1H3,(H,13,18)(H,14,16)(H,15,17). The number of aromatic amines is 2. The first-order valence-electron chi connectivity index (χ1n) is 5.74. The van der Waals surface area contributed by atoms with Gasteiger partial charge in [0.2, 0.25) is 0 Å². The Bertz CT molecular complexity index is 529. The first-order valence-corrected chi connectivity index (χ1v) is 5.74. The first kappa shape index (κ1) is 12.2. The second-order valence-electron chi connectivity index (χ2n) is 4.08. The van der Waals surface area contributed by atoms with E-state index in [0.717, 1.165) is 18.5 Å². The number of aromatic nitrogens is 4. The molecule has 0 aliphatic carbocycles. The normalized spacial score (nSPS) is 10.5. The molecular formula is C11H16N6O. The Morgan fingerprint density at radius 1 is 1.39 bits per heavy atom. The lowest BCUT2D eigenvalue weighted by molar-refractivity contribution is 0.0949. The van der Waals surface area contributed by atoms with E-state index >= 15 is 0 Å². The van der Waals surface area contributed by atoms with E-state index in [1.165, 1.54) is 11.8 Å². The molecule has 0 radical (unpaired) electrons. The maximum atomic E-state index is 11.7. The zero-order valence-corrected chi connectivity index (χ0v) is 10.2. The minimum Gasteiger partial charge on any atom is -0.396 e. The van der Waals surface area contributed by atoms with E-state index < -0.39 is 0 Å². The van der Waals surface area contributed by atoms with Gasteiger partial charge in [0.1, 0.15) is 5.69 Å². The topological polar surface area (TPSA) is 112 Å². The Kier molecular flexibility index (Phi) is 3.61. The van der Waals surface area contributed by atoms with E-state index in [1.54, 1.807) is 0 Å². The number of rotatable bonds is 5. The third-order valence-electron chi connectivity index (χ3n) is 2.74. The second kappa shape index (κ2) is 5.35. The number of H-pyrrole nitrogens is 2. The molecule has 7 heteroatoms. The smallest absolute Gasteiger partial charge is 0.271 e. The maximum Gasteiger partial charge on any atom is 0.271 e. The largest absolute Gasteiger partial charge is 0.396 e. The van der Waals surface area contributed by atoms with Crippen molar-refractivity contribution in [1.82, 2.24) is 25.7 Å². The van der Waals surface area contributed by atoms with Gasteiger partial charge in [-0.1, -0.05) is 0 Å². The Morgan fingerprint density at radius 2 is 2.17 bits per heavy atom. The molecule has 0 aliphatic rings. The summed E-state index contributed by atoms with van der Waals surface area (Å²) in [5, 5.41) is 15.9. The molecule has 0 aliphatic heterocycles. The summed E-state index contributed by atoms with van der Waals surface area (Å²) in [6, 6.07) is 0. The predicted molar refractivity (Wildman–Crippen MR) is 67.0 cm³/mol. The van der Waals surface area contributed by atoms with Crippen molar-refractivity contribution in [1.29, 1.82) is 0 Å². The molecule has 2 heterocycles. The summed E-state index contributed by atoms with van der Waals surface area (Å²) in [5.74, 6) is -0.228. The Balaban J connectivity index is 1.75. The molecule has 1 amide bonds. The number of nitrogen functional groups attached to an aromatic ring is 1. The third-order valence-corrected chi connectivity index (χ3v) is 2.74. The van der Waals surface area contributed by atoms with Crippen LogP contribution in [0.5, 0.6) is 0 Å². The molecule has 5 N–H and O–H groups in total. The van der Waals surface area contributed by atoms with Crippen LogP contribution in [0.25, 0.3) is 0 Å². The van der Waals surface area contributed by atoms with Crippen LogP contribution in [0.1, 0.15) is 28.2 Å². The summed E-state index contributed by atoms with van der Waals surface area (Å²) in [5.41, 5.74) is 8.49. The molecule has 0 fully saturated rings. The molecule has 0 saturated heterocycles. The number of carbonyl (C=O) groups is 1. The van der Waals surface area contributed by atoms with Crippen LogP contribution in [0.2, 0.25) is 0 Å². The monoisotopic (exact) mass is 248 g/mol. The minimum absolute atomic E-state index is 0.228. The van der Waals surface area contributed by atoms with Crippen molar-refractivity contribution in [2.45, 2.75) is 19.8 Å². The predicted octanol–water partition coefficient (Wildman–Crippen LogP) is 0.386. The van der Waals surface area contributed by atoms with Gasteiger partial charge in [0.05, 0.1) is 18.1 Å². The molecule has 18 heavy (non-hydrogen) atoms. The molecule has 2 aromatic rings. The highest BCUT2D eigenvalue weighted by Crippen LogP contribution is 2.07. The molecule has 0 saturated carbocycles. The average Bonchev–Trinajstić information content (AvgIpc) is 2.94. The van der Waals surface area contributed by atoms with Gasteiger partial charge in [-0.3, -0.25) is 15.0 Å². The van der Waals surface area contributed by atoms with Gasteiger partial charge in [0.25, 0.3) is 5.91 Å². The van der Waals surface area contributed by atoms with Crippen molar-refractivity contribution < 1.29 is 4.79 Å². The van der Waals surface area contributed by atoms with Gasteiger partial charge >= 0.3 is 0 Å². The van der Waals surface area contributed by atoms with E-state index in [1.807, 2.05) is 13.1 Å². The molecule has 0 atom stereocenters. The molecule has 7 nitrogen and oxygen atoms in total. The minimum atomic E-state index is -0.228. The lowest BCUT2D eigenvalue weighted by atomic mass is 10.1. The van der Waals surface area contributed by atoms with Crippen LogP contribution in [-0.4, -0.2) is 32.8 Å². The van der Waals surface area contributed by atoms with Crippen LogP contribution in [-0.2, 0) is 6.42 Å². The maximum absolute atomic E-state index is 11.7. The number of carbonyl (C=O) groups excluding carboxylic acids is 1. The quantitative estimate of drug-likeness (QED) is 0.573. The highest BCUT2D eigenvalue weighted by Gasteiger charge is 2.10. The average molecular weight is 248 g/mol. The second-order valence-corrected chi connectivity index (χ2v) is 4.08. The molecule has 2 rings (SSSR count). The van der Waals surface area contributed by atoms with Crippen molar-refractivity contribution in [3.8, 4) is 0 Å². The summed E-state index contributed by atoms with van der Waals surface area (Å²) in [6.07, 6.45) is 4.95. The highest BCUT2D eigenvalue weighted by molar-refractivity contribution is 5.96. The number of amides is 1. The SMILES string of the molecule is Cc1[nH]ncc1CCCNC(=O)c1[nH]ncc1N. The Morgan fingerprint density at radius 3 is 2.78 bits per heavy atom. The molecular weight excluding hydrogens is 232 g/mol. The van der Waals surface area contributed by atoms with Crippen molar-refractivity contribution in [3.63, 3.8) is 0 Å². The van der Waals surface area contributed by atoms with E-state index in [2.05, 4.69) is 25.7 Å². The van der Waals surface area contributed by atoms with Crippen LogP contribution >= 0.6 is 0 Å². The zero-order chi connectivity index (χ0) is 13.0. The Labute approximate surface area is 104 Å². The van der Waals surface area contributed by atoms with Gasteiger partial charge in [-0.05, 0) is 25.3 Å². The number of hydrogen-bond acceptors (Lipinski definition) is 4. The molecule has 0 bridgehead atoms. The van der Waals surface area contributed by atoms with E-state index in [-0.39, 0.29) is 5.91 Å². The molecule has 2 aromatic heterocycles. The van der Waals surface area contributed by atoms with Gasteiger partial charge < -0.3 is 11.1 Å². The number of nitrogens with zero attached hydrogens (tertiary/aromatic N) is 2. The molecule has 0 unspecified atom stereocenters. The van der Waals surface area contributed by atoms with Crippen molar-refractivity contribution in [2.75, 3.05) is 12.3 Å². The van der Waals surface area contributed by atoms with Crippen LogP contribution in [0.15, 0.2) is 12.4 Å². The lowest BCUT2D eigenvalue weighted by Crippen LogP contribution is -2.25. The van der Waals surface area contributed by atoms with Gasteiger partial charge in [-0.25, -0.2) is 0 Å². The van der Waals surface area contributed by atoms with Gasteiger partial charge in [0.15, 0.2) is 0 Å². The fraction of sp³-hybridized carbons (Fsp3) is 0.364. The number of aryl methyl sites for hydroxylation is 2. The van der Waals surface area contributed by atoms with Crippen LogP contribution < -0.4 is 11.1 Å².